The van der Waals surface area contributed by atoms with Crippen LogP contribution in [0.4, 0.5) is 0 Å². The predicted molar refractivity (Wildman–Crippen MR) is 85.9 cm³/mol. The van der Waals surface area contributed by atoms with Crippen molar-refractivity contribution in [3.8, 4) is 10.4 Å². The van der Waals surface area contributed by atoms with Gasteiger partial charge in [0.15, 0.2) is 0 Å². The Morgan fingerprint density at radius 1 is 1.19 bits per heavy atom. The van der Waals surface area contributed by atoms with Gasteiger partial charge in [0.1, 0.15) is 0 Å². The molecule has 0 saturated heterocycles. The number of hydrogen-bond donors (Lipinski definition) is 0. The van der Waals surface area contributed by atoms with Crippen LogP contribution in [0.25, 0.3) is 21.2 Å². The molecule has 106 valence electrons. The first kappa shape index (κ1) is 13.8. The Morgan fingerprint density at radius 2 is 2.00 bits per heavy atom. The number of aryl methyl sites for hydroxylation is 2. The second-order valence-corrected chi connectivity index (χ2v) is 6.08. The van der Waals surface area contributed by atoms with Gasteiger partial charge < -0.3 is 4.74 Å². The first-order valence-corrected chi connectivity index (χ1v) is 7.47. The monoisotopic (exact) mass is 297 g/mol. The van der Waals surface area contributed by atoms with E-state index in [1.54, 1.807) is 17.4 Å². The molecule has 0 saturated carbocycles. The molecule has 3 aromatic rings. The van der Waals surface area contributed by atoms with E-state index in [-0.39, 0.29) is 5.97 Å². The highest BCUT2D eigenvalue weighted by Crippen LogP contribution is 2.35. The third kappa shape index (κ3) is 2.43. The Morgan fingerprint density at radius 3 is 2.67 bits per heavy atom. The lowest BCUT2D eigenvalue weighted by atomic mass is 10.0. The second-order valence-electron chi connectivity index (χ2n) is 4.88. The first-order valence-electron chi connectivity index (χ1n) is 6.65. The SMILES string of the molecule is COC(=O)c1ccc2cccc(-c3sc(C)nc3C)c2c1. The van der Waals surface area contributed by atoms with Gasteiger partial charge in [0.25, 0.3) is 0 Å². The molecule has 3 nitrogen and oxygen atoms in total. The first-order chi connectivity index (χ1) is 10.1. The van der Waals surface area contributed by atoms with Crippen LogP contribution in [0.2, 0.25) is 0 Å². The molecule has 0 amide bonds. The summed E-state index contributed by atoms with van der Waals surface area (Å²) >= 11 is 1.68. The van der Waals surface area contributed by atoms with Gasteiger partial charge in [-0.3, -0.25) is 0 Å². The van der Waals surface area contributed by atoms with Crippen molar-refractivity contribution < 1.29 is 9.53 Å². The molecule has 4 heteroatoms. The highest BCUT2D eigenvalue weighted by Gasteiger charge is 2.13. The van der Waals surface area contributed by atoms with Gasteiger partial charge in [0.2, 0.25) is 0 Å². The average Bonchev–Trinajstić information content (AvgIpc) is 2.83. The summed E-state index contributed by atoms with van der Waals surface area (Å²) in [5, 5.41) is 3.20. The molecular formula is C17H15NO2S. The average molecular weight is 297 g/mol. The molecule has 2 aromatic carbocycles. The normalized spacial score (nSPS) is 10.8. The smallest absolute Gasteiger partial charge is 0.337 e. The Balaban J connectivity index is 2.27. The lowest BCUT2D eigenvalue weighted by Crippen LogP contribution is -2.00. The van der Waals surface area contributed by atoms with Gasteiger partial charge in [-0.15, -0.1) is 11.3 Å². The van der Waals surface area contributed by atoms with Gasteiger partial charge in [0.05, 0.1) is 28.3 Å². The zero-order valence-electron chi connectivity index (χ0n) is 12.1. The molecule has 0 radical (unpaired) electrons. The van der Waals surface area contributed by atoms with Gasteiger partial charge in [-0.05, 0) is 36.8 Å². The standard InChI is InChI=1S/C17H15NO2S/c1-10-16(21-11(2)18-10)14-6-4-5-12-7-8-13(9-15(12)14)17(19)20-3/h4-9H,1-3H3. The van der Waals surface area contributed by atoms with Crippen LogP contribution in [-0.2, 0) is 4.74 Å². The highest BCUT2D eigenvalue weighted by molar-refractivity contribution is 7.15. The third-order valence-electron chi connectivity index (χ3n) is 3.45. The van der Waals surface area contributed by atoms with Crippen molar-refractivity contribution in [2.75, 3.05) is 7.11 Å². The van der Waals surface area contributed by atoms with E-state index in [2.05, 4.69) is 11.1 Å². The van der Waals surface area contributed by atoms with E-state index in [4.69, 9.17) is 4.74 Å². The molecule has 1 aromatic heterocycles. The van der Waals surface area contributed by atoms with E-state index >= 15 is 0 Å². The van der Waals surface area contributed by atoms with Crippen molar-refractivity contribution in [1.82, 2.24) is 4.98 Å². The molecule has 21 heavy (non-hydrogen) atoms. The summed E-state index contributed by atoms with van der Waals surface area (Å²) in [6.45, 7) is 4.02. The Labute approximate surface area is 127 Å². The summed E-state index contributed by atoms with van der Waals surface area (Å²) in [5.41, 5.74) is 2.70. The number of thiazole rings is 1. The lowest BCUT2D eigenvalue weighted by Gasteiger charge is -2.07. The van der Waals surface area contributed by atoms with Crippen molar-refractivity contribution >= 4 is 28.1 Å². The van der Waals surface area contributed by atoms with E-state index in [0.29, 0.717) is 5.56 Å². The molecule has 0 N–H and O–H groups in total. The molecule has 0 spiro atoms. The molecular weight excluding hydrogens is 282 g/mol. The highest BCUT2D eigenvalue weighted by atomic mass is 32.1. The van der Waals surface area contributed by atoms with E-state index in [1.807, 2.05) is 38.1 Å². The number of esters is 1. The largest absolute Gasteiger partial charge is 0.465 e. The summed E-state index contributed by atoms with van der Waals surface area (Å²) in [6, 6.07) is 11.8. The molecule has 0 aliphatic rings. The summed E-state index contributed by atoms with van der Waals surface area (Å²) in [4.78, 5) is 17.4. The van der Waals surface area contributed by atoms with Crippen LogP contribution in [0, 0.1) is 13.8 Å². The third-order valence-corrected chi connectivity index (χ3v) is 4.56. The van der Waals surface area contributed by atoms with Crippen LogP contribution in [-0.4, -0.2) is 18.1 Å². The van der Waals surface area contributed by atoms with E-state index in [9.17, 15) is 4.79 Å². The number of carbonyl (C=O) groups excluding carboxylic acids is 1. The summed E-state index contributed by atoms with van der Waals surface area (Å²) < 4.78 is 4.81. The number of hydrogen-bond acceptors (Lipinski definition) is 4. The van der Waals surface area contributed by atoms with E-state index in [0.717, 1.165) is 31.9 Å². The van der Waals surface area contributed by atoms with Crippen LogP contribution < -0.4 is 0 Å². The molecule has 3 rings (SSSR count). The summed E-state index contributed by atoms with van der Waals surface area (Å²) in [5.74, 6) is -0.316. The lowest BCUT2D eigenvalue weighted by molar-refractivity contribution is 0.0601. The van der Waals surface area contributed by atoms with Crippen molar-refractivity contribution in [2.45, 2.75) is 13.8 Å². The minimum absolute atomic E-state index is 0.316. The number of aromatic nitrogens is 1. The number of carbonyl (C=O) groups is 1. The van der Waals surface area contributed by atoms with Crippen molar-refractivity contribution in [3.05, 3.63) is 52.7 Å². The molecule has 0 bridgehead atoms. The molecule has 0 aliphatic heterocycles. The van der Waals surface area contributed by atoms with Crippen molar-refractivity contribution in [3.63, 3.8) is 0 Å². The number of benzene rings is 2. The topological polar surface area (TPSA) is 39.2 Å². The minimum atomic E-state index is -0.316. The fourth-order valence-corrected chi connectivity index (χ4v) is 3.46. The Bertz CT molecular complexity index is 836. The quantitative estimate of drug-likeness (QED) is 0.659. The van der Waals surface area contributed by atoms with Gasteiger partial charge >= 0.3 is 5.97 Å². The number of fused-ring (bicyclic) bond motifs is 1. The maximum absolute atomic E-state index is 11.7. The molecule has 0 aliphatic carbocycles. The van der Waals surface area contributed by atoms with Crippen molar-refractivity contribution in [1.29, 1.82) is 0 Å². The maximum atomic E-state index is 11.7. The van der Waals surface area contributed by atoms with Crippen LogP contribution in [0.1, 0.15) is 21.1 Å². The van der Waals surface area contributed by atoms with E-state index in [1.165, 1.54) is 7.11 Å². The fourth-order valence-electron chi connectivity index (χ4n) is 2.50. The molecule has 0 atom stereocenters. The van der Waals surface area contributed by atoms with Crippen LogP contribution in [0.5, 0.6) is 0 Å². The van der Waals surface area contributed by atoms with Gasteiger partial charge in [-0.2, -0.15) is 0 Å². The van der Waals surface area contributed by atoms with Gasteiger partial charge in [-0.25, -0.2) is 9.78 Å². The van der Waals surface area contributed by atoms with Crippen molar-refractivity contribution in [2.24, 2.45) is 0 Å². The van der Waals surface area contributed by atoms with Gasteiger partial charge in [-0.1, -0.05) is 24.3 Å². The van der Waals surface area contributed by atoms with Crippen LogP contribution >= 0.6 is 11.3 Å². The maximum Gasteiger partial charge on any atom is 0.337 e. The number of methoxy groups -OCH3 is 1. The van der Waals surface area contributed by atoms with Crippen LogP contribution in [0.15, 0.2) is 36.4 Å². The number of rotatable bonds is 2. The van der Waals surface area contributed by atoms with Crippen LogP contribution in [0.3, 0.4) is 0 Å². The summed E-state index contributed by atoms with van der Waals surface area (Å²) in [7, 11) is 1.40. The number of nitrogens with zero attached hydrogens (tertiary/aromatic N) is 1. The Hall–Kier alpha value is -2.20. The second kappa shape index (κ2) is 5.30. The molecule has 0 fully saturated rings. The summed E-state index contributed by atoms with van der Waals surface area (Å²) in [6.07, 6.45) is 0. The van der Waals surface area contributed by atoms with Gasteiger partial charge in [0, 0.05) is 5.56 Å². The van der Waals surface area contributed by atoms with E-state index < -0.39 is 0 Å². The molecule has 0 unspecified atom stereocenters. The zero-order valence-corrected chi connectivity index (χ0v) is 13.0. The molecule has 1 heterocycles. The zero-order chi connectivity index (χ0) is 15.0. The minimum Gasteiger partial charge on any atom is -0.465 e. The number of ether oxygens (including phenoxy) is 1. The predicted octanol–water partition coefficient (Wildman–Crippen LogP) is 4.37. The Kier molecular flexibility index (Phi) is 3.47. The fraction of sp³-hybridized carbons (Fsp3) is 0.176.